The van der Waals surface area contributed by atoms with Gasteiger partial charge >= 0.3 is 0 Å². The Morgan fingerprint density at radius 3 is 2.46 bits per heavy atom. The lowest BCUT2D eigenvalue weighted by Crippen LogP contribution is -2.33. The molecule has 1 atom stereocenters. The smallest absolute Gasteiger partial charge is 0.262 e. The first-order chi connectivity index (χ1) is 13.6. The zero-order valence-electron chi connectivity index (χ0n) is 16.1. The van der Waals surface area contributed by atoms with Crippen LogP contribution in [0.4, 0.5) is 5.69 Å². The van der Waals surface area contributed by atoms with E-state index in [2.05, 4.69) is 10.6 Å². The molecule has 0 aromatic heterocycles. The molecular weight excluding hydrogens is 352 g/mol. The Morgan fingerprint density at radius 1 is 0.964 bits per heavy atom. The molecule has 2 amide bonds. The van der Waals surface area contributed by atoms with Crippen molar-refractivity contribution in [3.63, 3.8) is 0 Å². The first-order valence-corrected chi connectivity index (χ1v) is 9.38. The fourth-order valence-electron chi connectivity index (χ4n) is 2.79. The predicted octanol–water partition coefficient (Wildman–Crippen LogP) is 4.39. The van der Waals surface area contributed by atoms with Crippen molar-refractivity contribution in [3.05, 3.63) is 72.3 Å². The summed E-state index contributed by atoms with van der Waals surface area (Å²) < 4.78 is 5.62. The Labute approximate surface area is 164 Å². The first-order valence-electron chi connectivity index (χ1n) is 9.38. The summed E-state index contributed by atoms with van der Waals surface area (Å²) >= 11 is 0. The molecule has 0 unspecified atom stereocenters. The molecule has 0 saturated carbocycles. The maximum absolute atomic E-state index is 12.4. The molecule has 0 aliphatic rings. The molecule has 5 nitrogen and oxygen atoms in total. The van der Waals surface area contributed by atoms with Gasteiger partial charge in [-0.1, -0.05) is 49.4 Å². The number of fused-ring (bicyclic) bond motifs is 1. The van der Waals surface area contributed by atoms with Gasteiger partial charge in [-0.05, 0) is 48.4 Å². The first kappa shape index (κ1) is 19.4. The highest BCUT2D eigenvalue weighted by molar-refractivity contribution is 6.04. The Balaban J connectivity index is 1.63. The van der Waals surface area contributed by atoms with E-state index in [-0.39, 0.29) is 24.5 Å². The molecule has 5 heteroatoms. The van der Waals surface area contributed by atoms with E-state index in [1.807, 2.05) is 56.3 Å². The van der Waals surface area contributed by atoms with Crippen molar-refractivity contribution in [3.8, 4) is 5.75 Å². The van der Waals surface area contributed by atoms with Crippen molar-refractivity contribution in [2.75, 3.05) is 11.9 Å². The van der Waals surface area contributed by atoms with Gasteiger partial charge in [0.05, 0.1) is 11.3 Å². The molecule has 0 spiro atoms. The minimum atomic E-state index is -0.322. The van der Waals surface area contributed by atoms with Crippen LogP contribution in [0.5, 0.6) is 5.75 Å². The molecule has 144 valence electrons. The van der Waals surface area contributed by atoms with Crippen molar-refractivity contribution >= 4 is 28.3 Å². The fourth-order valence-corrected chi connectivity index (χ4v) is 2.79. The van der Waals surface area contributed by atoms with E-state index in [1.54, 1.807) is 24.3 Å². The summed E-state index contributed by atoms with van der Waals surface area (Å²) in [4.78, 5) is 24.8. The van der Waals surface area contributed by atoms with E-state index in [1.165, 1.54) is 0 Å². The van der Waals surface area contributed by atoms with Crippen LogP contribution in [-0.4, -0.2) is 24.5 Å². The molecule has 3 aromatic carbocycles. The summed E-state index contributed by atoms with van der Waals surface area (Å²) in [5.74, 6) is 0.0919. The molecular formula is C23H24N2O3. The summed E-state index contributed by atoms with van der Waals surface area (Å²) in [6, 6.07) is 20.7. The van der Waals surface area contributed by atoms with Crippen molar-refractivity contribution in [1.82, 2.24) is 5.32 Å². The maximum atomic E-state index is 12.4. The number of hydrogen-bond acceptors (Lipinski definition) is 3. The van der Waals surface area contributed by atoms with Crippen molar-refractivity contribution in [1.29, 1.82) is 0 Å². The minimum Gasteiger partial charge on any atom is -0.484 e. The number of carbonyl (C=O) groups excluding carboxylic acids is 2. The highest BCUT2D eigenvalue weighted by Crippen LogP contribution is 2.21. The monoisotopic (exact) mass is 376 g/mol. The molecule has 3 rings (SSSR count). The van der Waals surface area contributed by atoms with Crippen LogP contribution in [0.3, 0.4) is 0 Å². The van der Waals surface area contributed by atoms with Crippen molar-refractivity contribution in [2.45, 2.75) is 26.3 Å². The topological polar surface area (TPSA) is 67.4 Å². The van der Waals surface area contributed by atoms with Gasteiger partial charge in [-0.3, -0.25) is 9.59 Å². The second-order valence-corrected chi connectivity index (χ2v) is 6.67. The van der Waals surface area contributed by atoms with Crippen LogP contribution < -0.4 is 15.4 Å². The van der Waals surface area contributed by atoms with Gasteiger partial charge in [0.1, 0.15) is 5.75 Å². The van der Waals surface area contributed by atoms with E-state index in [0.29, 0.717) is 17.0 Å². The van der Waals surface area contributed by atoms with Crippen molar-refractivity contribution < 1.29 is 14.3 Å². The molecule has 0 aliphatic carbocycles. The van der Waals surface area contributed by atoms with Crippen LogP contribution in [-0.2, 0) is 4.79 Å². The Hall–Kier alpha value is -3.34. The number of ether oxygens (including phenoxy) is 1. The number of rotatable bonds is 7. The van der Waals surface area contributed by atoms with Crippen LogP contribution in [0, 0.1) is 0 Å². The van der Waals surface area contributed by atoms with Gasteiger partial charge in [0.25, 0.3) is 11.8 Å². The van der Waals surface area contributed by atoms with Gasteiger partial charge in [0.2, 0.25) is 0 Å². The highest BCUT2D eigenvalue weighted by Gasteiger charge is 2.14. The van der Waals surface area contributed by atoms with Crippen LogP contribution in [0.2, 0.25) is 0 Å². The summed E-state index contributed by atoms with van der Waals surface area (Å²) in [6.45, 7) is 3.80. The minimum absolute atomic E-state index is 0.0625. The third-order valence-corrected chi connectivity index (χ3v) is 4.53. The predicted molar refractivity (Wildman–Crippen MR) is 112 cm³/mol. The largest absolute Gasteiger partial charge is 0.484 e. The molecule has 0 bridgehead atoms. The number of carbonyl (C=O) groups is 2. The van der Waals surface area contributed by atoms with E-state index in [0.717, 1.165) is 17.2 Å². The third-order valence-electron chi connectivity index (χ3n) is 4.53. The second-order valence-electron chi connectivity index (χ2n) is 6.67. The number of hydrogen-bond donors (Lipinski definition) is 2. The third kappa shape index (κ3) is 4.88. The number of benzene rings is 3. The number of anilines is 1. The molecule has 0 heterocycles. The van der Waals surface area contributed by atoms with Crippen LogP contribution >= 0.6 is 0 Å². The zero-order chi connectivity index (χ0) is 19.9. The lowest BCUT2D eigenvalue weighted by molar-refractivity contribution is -0.118. The number of amides is 2. The normalized spacial score (nSPS) is 11.6. The average Bonchev–Trinajstić information content (AvgIpc) is 2.72. The van der Waals surface area contributed by atoms with Gasteiger partial charge in [-0.2, -0.15) is 0 Å². The quantitative estimate of drug-likeness (QED) is 0.643. The molecule has 28 heavy (non-hydrogen) atoms. The van der Waals surface area contributed by atoms with Crippen LogP contribution in [0.25, 0.3) is 10.8 Å². The zero-order valence-corrected chi connectivity index (χ0v) is 16.1. The standard InChI is InChI=1S/C23H24N2O3/c1-3-16(2)24-23(27)20-10-6-7-11-21(20)25-22(26)15-28-19-13-12-17-8-4-5-9-18(17)14-19/h4-14,16H,3,15H2,1-2H3,(H,24,27)(H,25,26)/t16-/m1/s1. The van der Waals surface area contributed by atoms with E-state index < -0.39 is 0 Å². The second kappa shape index (κ2) is 9.04. The lowest BCUT2D eigenvalue weighted by atomic mass is 10.1. The van der Waals surface area contributed by atoms with Gasteiger partial charge in [-0.15, -0.1) is 0 Å². The Morgan fingerprint density at radius 2 is 1.68 bits per heavy atom. The molecule has 0 radical (unpaired) electrons. The summed E-state index contributed by atoms with van der Waals surface area (Å²) in [5.41, 5.74) is 0.900. The SMILES string of the molecule is CC[C@@H](C)NC(=O)c1ccccc1NC(=O)COc1ccc2ccccc2c1. The van der Waals surface area contributed by atoms with Gasteiger partial charge in [-0.25, -0.2) is 0 Å². The summed E-state index contributed by atoms with van der Waals surface area (Å²) in [6.07, 6.45) is 0.833. The number of para-hydroxylation sites is 1. The van der Waals surface area contributed by atoms with Gasteiger partial charge in [0, 0.05) is 6.04 Å². The van der Waals surface area contributed by atoms with E-state index >= 15 is 0 Å². The highest BCUT2D eigenvalue weighted by atomic mass is 16.5. The number of nitrogens with one attached hydrogen (secondary N) is 2. The molecule has 0 aliphatic heterocycles. The fraction of sp³-hybridized carbons (Fsp3) is 0.217. The van der Waals surface area contributed by atoms with Crippen LogP contribution in [0.15, 0.2) is 66.7 Å². The maximum Gasteiger partial charge on any atom is 0.262 e. The van der Waals surface area contributed by atoms with Crippen molar-refractivity contribution in [2.24, 2.45) is 0 Å². The lowest BCUT2D eigenvalue weighted by Gasteiger charge is -2.15. The Kier molecular flexibility index (Phi) is 6.27. The Bertz CT molecular complexity index is 984. The molecule has 0 saturated heterocycles. The molecule has 2 N–H and O–H groups in total. The van der Waals surface area contributed by atoms with E-state index in [4.69, 9.17) is 4.74 Å². The molecule has 0 fully saturated rings. The summed E-state index contributed by atoms with van der Waals surface area (Å²) in [7, 11) is 0. The van der Waals surface area contributed by atoms with Gasteiger partial charge in [0.15, 0.2) is 6.61 Å². The van der Waals surface area contributed by atoms with Crippen LogP contribution in [0.1, 0.15) is 30.6 Å². The molecule has 3 aromatic rings. The average molecular weight is 376 g/mol. The van der Waals surface area contributed by atoms with E-state index in [9.17, 15) is 9.59 Å². The van der Waals surface area contributed by atoms with Gasteiger partial charge < -0.3 is 15.4 Å². The summed E-state index contributed by atoms with van der Waals surface area (Å²) in [5, 5.41) is 7.84.